The fourth-order valence-corrected chi connectivity index (χ4v) is 2.30. The Balaban J connectivity index is 1.84. The molecular formula is C13H11FN4OS. The molecule has 1 aromatic carbocycles. The topological polar surface area (TPSA) is 77.8 Å². The van der Waals surface area contributed by atoms with Crippen molar-refractivity contribution in [3.05, 3.63) is 46.5 Å². The molecule has 0 aliphatic rings. The highest BCUT2D eigenvalue weighted by atomic mass is 32.1. The van der Waals surface area contributed by atoms with Gasteiger partial charge in [-0.05, 0) is 18.6 Å². The molecule has 20 heavy (non-hydrogen) atoms. The van der Waals surface area contributed by atoms with Crippen LogP contribution >= 0.6 is 11.3 Å². The summed E-state index contributed by atoms with van der Waals surface area (Å²) in [5.74, 6) is 0.495. The molecule has 0 atom stereocenters. The number of aryl methyl sites for hydroxylation is 1. The highest BCUT2D eigenvalue weighted by Crippen LogP contribution is 2.20. The third kappa shape index (κ3) is 2.53. The molecule has 3 rings (SSSR count). The van der Waals surface area contributed by atoms with E-state index in [0.29, 0.717) is 34.4 Å². The zero-order chi connectivity index (χ0) is 14.1. The van der Waals surface area contributed by atoms with E-state index < -0.39 is 0 Å². The van der Waals surface area contributed by atoms with Crippen molar-refractivity contribution < 1.29 is 8.91 Å². The Bertz CT molecular complexity index is 752. The van der Waals surface area contributed by atoms with Crippen molar-refractivity contribution in [2.24, 2.45) is 0 Å². The van der Waals surface area contributed by atoms with Crippen LogP contribution in [-0.2, 0) is 6.42 Å². The number of nitrogens with zero attached hydrogens (tertiary/aromatic N) is 3. The zero-order valence-corrected chi connectivity index (χ0v) is 11.4. The fraction of sp³-hybridized carbons (Fsp3) is 0.154. The van der Waals surface area contributed by atoms with Gasteiger partial charge in [0.2, 0.25) is 11.7 Å². The first kappa shape index (κ1) is 12.7. The largest absolute Gasteiger partial charge is 0.375 e. The SMILES string of the molecule is Cc1ccc(-c2noc(Cc3csc(N)n3)n2)cc1F. The van der Waals surface area contributed by atoms with Gasteiger partial charge in [-0.3, -0.25) is 0 Å². The number of nitrogens with two attached hydrogens (primary N) is 1. The van der Waals surface area contributed by atoms with Gasteiger partial charge in [0, 0.05) is 10.9 Å². The lowest BCUT2D eigenvalue weighted by Gasteiger charge is -1.97. The zero-order valence-electron chi connectivity index (χ0n) is 10.6. The average Bonchev–Trinajstić information content (AvgIpc) is 3.03. The number of rotatable bonds is 3. The second kappa shape index (κ2) is 5.01. The third-order valence-electron chi connectivity index (χ3n) is 2.80. The molecule has 0 fully saturated rings. The first-order valence-corrected chi connectivity index (χ1v) is 6.79. The van der Waals surface area contributed by atoms with Crippen LogP contribution in [0.1, 0.15) is 17.1 Å². The standard InChI is InChI=1S/C13H11FN4OS/c1-7-2-3-8(4-10(7)14)12-17-11(19-18-12)5-9-6-20-13(15)16-9/h2-4,6H,5H2,1H3,(H2,15,16). The molecule has 0 aliphatic heterocycles. The molecular weight excluding hydrogens is 279 g/mol. The maximum absolute atomic E-state index is 13.5. The first-order chi connectivity index (χ1) is 9.61. The normalized spacial score (nSPS) is 10.9. The molecule has 0 aliphatic carbocycles. The molecule has 0 spiro atoms. The van der Waals surface area contributed by atoms with Gasteiger partial charge in [0.05, 0.1) is 12.1 Å². The molecule has 0 radical (unpaired) electrons. The number of halogens is 1. The summed E-state index contributed by atoms with van der Waals surface area (Å²) in [4.78, 5) is 8.36. The van der Waals surface area contributed by atoms with Gasteiger partial charge in [-0.25, -0.2) is 9.37 Å². The van der Waals surface area contributed by atoms with Gasteiger partial charge in [0.15, 0.2) is 5.13 Å². The van der Waals surface area contributed by atoms with E-state index in [4.69, 9.17) is 10.3 Å². The number of thiazole rings is 1. The van der Waals surface area contributed by atoms with Gasteiger partial charge >= 0.3 is 0 Å². The minimum Gasteiger partial charge on any atom is -0.375 e. The van der Waals surface area contributed by atoms with Crippen molar-refractivity contribution in [1.29, 1.82) is 0 Å². The Morgan fingerprint density at radius 2 is 2.20 bits per heavy atom. The van der Waals surface area contributed by atoms with E-state index in [1.807, 2.05) is 5.38 Å². The summed E-state index contributed by atoms with van der Waals surface area (Å²) in [5, 5.41) is 6.19. The summed E-state index contributed by atoms with van der Waals surface area (Å²) < 4.78 is 18.7. The van der Waals surface area contributed by atoms with Crippen molar-refractivity contribution in [3.63, 3.8) is 0 Å². The molecule has 2 N–H and O–H groups in total. The fourth-order valence-electron chi connectivity index (χ4n) is 1.73. The van der Waals surface area contributed by atoms with Crippen molar-refractivity contribution in [2.75, 3.05) is 5.73 Å². The van der Waals surface area contributed by atoms with Crippen LogP contribution in [-0.4, -0.2) is 15.1 Å². The van der Waals surface area contributed by atoms with E-state index in [-0.39, 0.29) is 5.82 Å². The number of hydrogen-bond acceptors (Lipinski definition) is 6. The maximum atomic E-state index is 13.5. The molecule has 2 aromatic heterocycles. The maximum Gasteiger partial charge on any atom is 0.233 e. The molecule has 0 amide bonds. The number of hydrogen-bond donors (Lipinski definition) is 1. The van der Waals surface area contributed by atoms with Crippen LogP contribution < -0.4 is 5.73 Å². The molecule has 102 valence electrons. The van der Waals surface area contributed by atoms with E-state index >= 15 is 0 Å². The molecule has 0 saturated heterocycles. The van der Waals surface area contributed by atoms with Gasteiger partial charge in [0.1, 0.15) is 5.82 Å². The van der Waals surface area contributed by atoms with Crippen LogP contribution in [0.4, 0.5) is 9.52 Å². The minimum atomic E-state index is -0.291. The van der Waals surface area contributed by atoms with Gasteiger partial charge < -0.3 is 10.3 Å². The van der Waals surface area contributed by atoms with E-state index in [1.54, 1.807) is 19.1 Å². The lowest BCUT2D eigenvalue weighted by molar-refractivity contribution is 0.385. The van der Waals surface area contributed by atoms with Crippen LogP contribution in [0.15, 0.2) is 28.1 Å². The van der Waals surface area contributed by atoms with Crippen molar-refractivity contribution in [2.45, 2.75) is 13.3 Å². The van der Waals surface area contributed by atoms with E-state index in [9.17, 15) is 4.39 Å². The molecule has 7 heteroatoms. The molecule has 0 bridgehead atoms. The average molecular weight is 290 g/mol. The van der Waals surface area contributed by atoms with Crippen molar-refractivity contribution in [1.82, 2.24) is 15.1 Å². The number of benzene rings is 1. The monoisotopic (exact) mass is 290 g/mol. The summed E-state index contributed by atoms with van der Waals surface area (Å²) in [6, 6.07) is 4.83. The van der Waals surface area contributed by atoms with Crippen molar-refractivity contribution >= 4 is 16.5 Å². The van der Waals surface area contributed by atoms with Crippen LogP contribution in [0.3, 0.4) is 0 Å². The Kier molecular flexibility index (Phi) is 3.19. The Morgan fingerprint density at radius 3 is 2.90 bits per heavy atom. The Morgan fingerprint density at radius 1 is 1.35 bits per heavy atom. The molecule has 3 aromatic rings. The lowest BCUT2D eigenvalue weighted by Crippen LogP contribution is -1.91. The molecule has 0 unspecified atom stereocenters. The summed E-state index contributed by atoms with van der Waals surface area (Å²) in [5.41, 5.74) is 7.50. The van der Waals surface area contributed by atoms with E-state index in [0.717, 1.165) is 5.69 Å². The lowest BCUT2D eigenvalue weighted by atomic mass is 10.1. The number of nitrogen functional groups attached to an aromatic ring is 1. The van der Waals surface area contributed by atoms with E-state index in [2.05, 4.69) is 15.1 Å². The quantitative estimate of drug-likeness (QED) is 0.802. The Labute approximate surface area is 118 Å². The molecule has 2 heterocycles. The highest BCUT2D eigenvalue weighted by Gasteiger charge is 2.12. The summed E-state index contributed by atoms with van der Waals surface area (Å²) in [7, 11) is 0. The molecule has 0 saturated carbocycles. The van der Waals surface area contributed by atoms with Crippen LogP contribution in [0.2, 0.25) is 0 Å². The van der Waals surface area contributed by atoms with E-state index in [1.165, 1.54) is 17.4 Å². The smallest absolute Gasteiger partial charge is 0.233 e. The first-order valence-electron chi connectivity index (χ1n) is 5.91. The van der Waals surface area contributed by atoms with Crippen LogP contribution in [0, 0.1) is 12.7 Å². The van der Waals surface area contributed by atoms with Crippen molar-refractivity contribution in [3.8, 4) is 11.4 Å². The highest BCUT2D eigenvalue weighted by molar-refractivity contribution is 7.13. The predicted octanol–water partition coefficient (Wildman–Crippen LogP) is 2.81. The van der Waals surface area contributed by atoms with Gasteiger partial charge in [-0.1, -0.05) is 17.3 Å². The predicted molar refractivity (Wildman–Crippen MR) is 73.8 cm³/mol. The second-order valence-electron chi connectivity index (χ2n) is 4.33. The van der Waals surface area contributed by atoms with Crippen LogP contribution in [0.5, 0.6) is 0 Å². The third-order valence-corrected chi connectivity index (χ3v) is 3.52. The van der Waals surface area contributed by atoms with Gasteiger partial charge in [-0.15, -0.1) is 11.3 Å². The Hall–Kier alpha value is -2.28. The number of aromatic nitrogens is 3. The van der Waals surface area contributed by atoms with Crippen LogP contribution in [0.25, 0.3) is 11.4 Å². The minimum absolute atomic E-state index is 0.291. The van der Waals surface area contributed by atoms with Gasteiger partial charge in [0.25, 0.3) is 0 Å². The summed E-state index contributed by atoms with van der Waals surface area (Å²) in [6.45, 7) is 1.70. The summed E-state index contributed by atoms with van der Waals surface area (Å²) in [6.07, 6.45) is 0.412. The summed E-state index contributed by atoms with van der Waals surface area (Å²) >= 11 is 1.36. The molecule has 5 nitrogen and oxygen atoms in total. The van der Waals surface area contributed by atoms with Gasteiger partial charge in [-0.2, -0.15) is 4.98 Å². The second-order valence-corrected chi connectivity index (χ2v) is 5.22. The number of anilines is 1.